The molecule has 2 saturated heterocycles. The number of hydrogen-bond acceptors (Lipinski definition) is 4. The number of hydrogen-bond donors (Lipinski definition) is 0. The molecule has 2 aromatic rings. The minimum atomic E-state index is 0.0720. The molecule has 24 heavy (non-hydrogen) atoms. The molecule has 1 aromatic heterocycles. The Morgan fingerprint density at radius 2 is 2.25 bits per heavy atom. The van der Waals surface area contributed by atoms with Gasteiger partial charge in [-0.05, 0) is 43.5 Å². The SMILES string of the molecule is O=C(c1cscn1)N1CCC2(CCCN2Cc2cccc(Cl)c2)C1. The second-order valence-electron chi connectivity index (χ2n) is 6.73. The van der Waals surface area contributed by atoms with Crippen LogP contribution in [0.3, 0.4) is 0 Å². The molecular weight excluding hydrogens is 342 g/mol. The average molecular weight is 362 g/mol. The maximum absolute atomic E-state index is 12.6. The summed E-state index contributed by atoms with van der Waals surface area (Å²) < 4.78 is 0. The highest BCUT2D eigenvalue weighted by Gasteiger charge is 2.47. The van der Waals surface area contributed by atoms with E-state index in [1.165, 1.54) is 23.3 Å². The van der Waals surface area contributed by atoms with Gasteiger partial charge < -0.3 is 4.90 Å². The minimum Gasteiger partial charge on any atom is -0.335 e. The fraction of sp³-hybridized carbons (Fsp3) is 0.444. The zero-order valence-corrected chi connectivity index (χ0v) is 15.0. The third kappa shape index (κ3) is 2.96. The normalized spacial score (nSPS) is 24.1. The molecule has 1 atom stereocenters. The summed E-state index contributed by atoms with van der Waals surface area (Å²) in [5.41, 5.74) is 3.66. The van der Waals surface area contributed by atoms with Crippen LogP contribution < -0.4 is 0 Å². The number of carbonyl (C=O) groups excluding carboxylic acids is 1. The van der Waals surface area contributed by atoms with Gasteiger partial charge in [-0.15, -0.1) is 11.3 Å². The highest BCUT2D eigenvalue weighted by atomic mass is 35.5. The van der Waals surface area contributed by atoms with Gasteiger partial charge in [-0.25, -0.2) is 4.98 Å². The van der Waals surface area contributed by atoms with Crippen molar-refractivity contribution in [2.75, 3.05) is 19.6 Å². The average Bonchev–Trinajstić information content (AvgIpc) is 3.31. The van der Waals surface area contributed by atoms with Crippen LogP contribution in [0, 0.1) is 0 Å². The van der Waals surface area contributed by atoms with Crippen molar-refractivity contribution in [3.63, 3.8) is 0 Å². The van der Waals surface area contributed by atoms with E-state index in [-0.39, 0.29) is 11.4 Å². The van der Waals surface area contributed by atoms with Crippen molar-refractivity contribution in [3.8, 4) is 0 Å². The van der Waals surface area contributed by atoms with Crippen LogP contribution in [-0.2, 0) is 6.54 Å². The van der Waals surface area contributed by atoms with Crippen LogP contribution in [0.4, 0.5) is 0 Å². The summed E-state index contributed by atoms with van der Waals surface area (Å²) in [7, 11) is 0. The van der Waals surface area contributed by atoms with Gasteiger partial charge in [0.15, 0.2) is 0 Å². The lowest BCUT2D eigenvalue weighted by Gasteiger charge is -2.35. The Balaban J connectivity index is 1.49. The van der Waals surface area contributed by atoms with Crippen LogP contribution in [0.15, 0.2) is 35.2 Å². The number of amides is 1. The predicted molar refractivity (Wildman–Crippen MR) is 96.5 cm³/mol. The van der Waals surface area contributed by atoms with Gasteiger partial charge in [0, 0.05) is 35.6 Å². The van der Waals surface area contributed by atoms with Gasteiger partial charge in [0.05, 0.1) is 5.51 Å². The largest absolute Gasteiger partial charge is 0.335 e. The highest BCUT2D eigenvalue weighted by molar-refractivity contribution is 7.07. The van der Waals surface area contributed by atoms with Crippen molar-refractivity contribution in [1.29, 1.82) is 0 Å². The van der Waals surface area contributed by atoms with Gasteiger partial charge in [0.2, 0.25) is 0 Å². The van der Waals surface area contributed by atoms with E-state index in [1.54, 1.807) is 5.51 Å². The summed E-state index contributed by atoms with van der Waals surface area (Å²) in [6, 6.07) is 8.09. The molecule has 4 nitrogen and oxygen atoms in total. The third-order valence-electron chi connectivity index (χ3n) is 5.27. The van der Waals surface area contributed by atoms with Crippen LogP contribution in [0.25, 0.3) is 0 Å². The molecule has 1 spiro atoms. The number of nitrogens with zero attached hydrogens (tertiary/aromatic N) is 3. The van der Waals surface area contributed by atoms with Crippen molar-refractivity contribution in [2.24, 2.45) is 0 Å². The van der Waals surface area contributed by atoms with Crippen LogP contribution >= 0.6 is 22.9 Å². The maximum atomic E-state index is 12.6. The molecule has 2 aliphatic rings. The summed E-state index contributed by atoms with van der Waals surface area (Å²) in [6.07, 6.45) is 3.40. The molecule has 0 bridgehead atoms. The van der Waals surface area contributed by atoms with Crippen molar-refractivity contribution in [1.82, 2.24) is 14.8 Å². The van der Waals surface area contributed by atoms with Gasteiger partial charge in [-0.1, -0.05) is 23.7 Å². The van der Waals surface area contributed by atoms with Gasteiger partial charge >= 0.3 is 0 Å². The number of halogens is 1. The number of likely N-dealkylation sites (tertiary alicyclic amines) is 2. The van der Waals surface area contributed by atoms with Crippen LogP contribution in [0.5, 0.6) is 0 Å². The number of benzene rings is 1. The first-order valence-corrected chi connectivity index (χ1v) is 9.65. The maximum Gasteiger partial charge on any atom is 0.273 e. The van der Waals surface area contributed by atoms with Gasteiger partial charge in [0.1, 0.15) is 5.69 Å². The summed E-state index contributed by atoms with van der Waals surface area (Å²) in [5, 5.41) is 2.62. The van der Waals surface area contributed by atoms with Gasteiger partial charge in [-0.3, -0.25) is 9.69 Å². The Kier molecular flexibility index (Phi) is 4.33. The van der Waals surface area contributed by atoms with E-state index in [9.17, 15) is 4.79 Å². The first kappa shape index (κ1) is 16.1. The van der Waals surface area contributed by atoms with Gasteiger partial charge in [-0.2, -0.15) is 0 Å². The number of carbonyl (C=O) groups is 1. The van der Waals surface area contributed by atoms with Crippen LogP contribution in [0.1, 0.15) is 35.3 Å². The minimum absolute atomic E-state index is 0.0720. The zero-order valence-electron chi connectivity index (χ0n) is 13.4. The molecule has 2 fully saturated rings. The molecule has 1 aromatic carbocycles. The lowest BCUT2D eigenvalue weighted by molar-refractivity contribution is 0.0737. The molecule has 0 aliphatic carbocycles. The Labute approximate surface area is 151 Å². The summed E-state index contributed by atoms with van der Waals surface area (Å²) >= 11 is 7.60. The molecule has 0 N–H and O–H groups in total. The Morgan fingerprint density at radius 3 is 3.04 bits per heavy atom. The Hall–Kier alpha value is -1.43. The summed E-state index contributed by atoms with van der Waals surface area (Å²) in [5.74, 6) is 0.0720. The topological polar surface area (TPSA) is 36.4 Å². The fourth-order valence-electron chi connectivity index (χ4n) is 4.07. The Bertz CT molecular complexity index is 736. The molecule has 2 aliphatic heterocycles. The first-order valence-electron chi connectivity index (χ1n) is 8.33. The molecule has 126 valence electrons. The molecule has 0 radical (unpaired) electrons. The second-order valence-corrected chi connectivity index (χ2v) is 7.88. The van der Waals surface area contributed by atoms with Crippen LogP contribution in [0.2, 0.25) is 5.02 Å². The number of aromatic nitrogens is 1. The molecule has 1 amide bonds. The lowest BCUT2D eigenvalue weighted by atomic mass is 9.94. The standard InChI is InChI=1S/C18H20ClN3OS/c19-15-4-1-3-14(9-15)10-22-7-2-5-18(22)6-8-21(12-18)17(23)16-11-24-13-20-16/h1,3-4,9,11,13H,2,5-8,10,12H2. The van der Waals surface area contributed by atoms with E-state index in [1.807, 2.05) is 28.5 Å². The van der Waals surface area contributed by atoms with Crippen molar-refractivity contribution < 1.29 is 4.79 Å². The molecule has 6 heteroatoms. The Morgan fingerprint density at radius 1 is 1.33 bits per heavy atom. The lowest BCUT2D eigenvalue weighted by Crippen LogP contribution is -2.46. The van der Waals surface area contributed by atoms with E-state index in [0.717, 1.165) is 44.0 Å². The van der Waals surface area contributed by atoms with E-state index >= 15 is 0 Å². The third-order valence-corrected chi connectivity index (χ3v) is 6.10. The van der Waals surface area contributed by atoms with E-state index in [4.69, 9.17) is 11.6 Å². The summed E-state index contributed by atoms with van der Waals surface area (Å²) in [4.78, 5) is 21.3. The number of rotatable bonds is 3. The molecule has 1 unspecified atom stereocenters. The molecule has 0 saturated carbocycles. The molecular formula is C18H20ClN3OS. The highest BCUT2D eigenvalue weighted by Crippen LogP contribution is 2.39. The van der Waals surface area contributed by atoms with Crippen molar-refractivity contribution in [3.05, 3.63) is 51.4 Å². The molecule has 4 rings (SSSR count). The molecule has 3 heterocycles. The predicted octanol–water partition coefficient (Wildman–Crippen LogP) is 3.68. The van der Waals surface area contributed by atoms with Crippen molar-refractivity contribution >= 4 is 28.8 Å². The fourth-order valence-corrected chi connectivity index (χ4v) is 4.81. The summed E-state index contributed by atoms with van der Waals surface area (Å²) in [6.45, 7) is 3.62. The van der Waals surface area contributed by atoms with E-state index in [2.05, 4.69) is 16.0 Å². The smallest absolute Gasteiger partial charge is 0.273 e. The van der Waals surface area contributed by atoms with Crippen LogP contribution in [-0.4, -0.2) is 45.9 Å². The first-order chi connectivity index (χ1) is 11.7. The van der Waals surface area contributed by atoms with Gasteiger partial charge in [0.25, 0.3) is 5.91 Å². The quantitative estimate of drug-likeness (QED) is 0.836. The number of thiazole rings is 1. The van der Waals surface area contributed by atoms with Crippen molar-refractivity contribution in [2.45, 2.75) is 31.3 Å². The van der Waals surface area contributed by atoms with E-state index in [0.29, 0.717) is 5.69 Å². The monoisotopic (exact) mass is 361 g/mol. The second kappa shape index (κ2) is 6.47. The zero-order chi connectivity index (χ0) is 16.6. The van der Waals surface area contributed by atoms with E-state index < -0.39 is 0 Å².